The summed E-state index contributed by atoms with van der Waals surface area (Å²) in [5.41, 5.74) is 0. The minimum absolute atomic E-state index is 0.535. The fourth-order valence-electron chi connectivity index (χ4n) is 2.94. The number of nitrogens with one attached hydrogen (secondary N) is 1. The second-order valence-corrected chi connectivity index (χ2v) is 5.56. The Balaban J connectivity index is 1.41. The lowest BCUT2D eigenvalue weighted by molar-refractivity contribution is 0.154. The first-order valence-electron chi connectivity index (χ1n) is 7.24. The van der Waals surface area contributed by atoms with Gasteiger partial charge in [0.2, 0.25) is 0 Å². The van der Waals surface area contributed by atoms with E-state index < -0.39 is 0 Å². The molecular weight excluding hydrogens is 240 g/mol. The highest BCUT2D eigenvalue weighted by molar-refractivity contribution is 5.32. The average molecular weight is 262 g/mol. The van der Waals surface area contributed by atoms with Crippen molar-refractivity contribution < 1.29 is 4.74 Å². The number of hydrogen-bond donors (Lipinski definition) is 1. The largest absolute Gasteiger partial charge is 0.381 e. The normalized spacial score (nSPS) is 25.6. The van der Waals surface area contributed by atoms with Crippen molar-refractivity contribution in [3.8, 4) is 0 Å². The van der Waals surface area contributed by atoms with Gasteiger partial charge in [-0.25, -0.2) is 0 Å². The SMILES string of the molecule is c1cnnc(NC2CCN(CC3CCOC3)CC2)c1. The lowest BCUT2D eigenvalue weighted by atomic mass is 10.0. The van der Waals surface area contributed by atoms with Gasteiger partial charge in [0.05, 0.1) is 6.61 Å². The van der Waals surface area contributed by atoms with Gasteiger partial charge in [-0.05, 0) is 37.3 Å². The van der Waals surface area contributed by atoms with Gasteiger partial charge in [-0.3, -0.25) is 0 Å². The number of hydrogen-bond acceptors (Lipinski definition) is 5. The van der Waals surface area contributed by atoms with Crippen molar-refractivity contribution >= 4 is 5.82 Å². The topological polar surface area (TPSA) is 50.3 Å². The van der Waals surface area contributed by atoms with E-state index in [-0.39, 0.29) is 0 Å². The van der Waals surface area contributed by atoms with Crippen molar-refractivity contribution in [1.29, 1.82) is 0 Å². The number of rotatable bonds is 4. The van der Waals surface area contributed by atoms with E-state index in [4.69, 9.17) is 4.74 Å². The van der Waals surface area contributed by atoms with Crippen LogP contribution in [-0.4, -0.2) is 54.0 Å². The number of nitrogens with zero attached hydrogens (tertiary/aromatic N) is 3. The fraction of sp³-hybridized carbons (Fsp3) is 0.714. The van der Waals surface area contributed by atoms with E-state index >= 15 is 0 Å². The van der Waals surface area contributed by atoms with Crippen LogP contribution in [0.25, 0.3) is 0 Å². The van der Waals surface area contributed by atoms with Crippen molar-refractivity contribution in [1.82, 2.24) is 15.1 Å². The van der Waals surface area contributed by atoms with Gasteiger partial charge in [0, 0.05) is 38.5 Å². The monoisotopic (exact) mass is 262 g/mol. The van der Waals surface area contributed by atoms with Gasteiger partial charge in [-0.2, -0.15) is 5.10 Å². The third-order valence-electron chi connectivity index (χ3n) is 4.05. The number of aromatic nitrogens is 2. The Hall–Kier alpha value is -1.20. The molecule has 1 aromatic rings. The van der Waals surface area contributed by atoms with E-state index in [1.807, 2.05) is 12.1 Å². The van der Waals surface area contributed by atoms with E-state index in [1.54, 1.807) is 6.20 Å². The summed E-state index contributed by atoms with van der Waals surface area (Å²) in [4.78, 5) is 2.58. The average Bonchev–Trinajstić information content (AvgIpc) is 2.95. The quantitative estimate of drug-likeness (QED) is 0.888. The van der Waals surface area contributed by atoms with Gasteiger partial charge in [0.1, 0.15) is 5.82 Å². The zero-order valence-electron chi connectivity index (χ0n) is 11.3. The molecule has 1 aromatic heterocycles. The highest BCUT2D eigenvalue weighted by Crippen LogP contribution is 2.19. The summed E-state index contributed by atoms with van der Waals surface area (Å²) in [6.07, 6.45) is 5.31. The Kier molecular flexibility index (Phi) is 4.25. The lowest BCUT2D eigenvalue weighted by Gasteiger charge is -2.33. The van der Waals surface area contributed by atoms with Crippen LogP contribution in [0.4, 0.5) is 5.82 Å². The summed E-state index contributed by atoms with van der Waals surface area (Å²) in [5, 5.41) is 11.5. The zero-order valence-corrected chi connectivity index (χ0v) is 11.3. The van der Waals surface area contributed by atoms with Crippen molar-refractivity contribution in [2.24, 2.45) is 5.92 Å². The summed E-state index contributed by atoms with van der Waals surface area (Å²) < 4.78 is 5.44. The third-order valence-corrected chi connectivity index (χ3v) is 4.05. The van der Waals surface area contributed by atoms with Gasteiger partial charge in [-0.1, -0.05) is 0 Å². The lowest BCUT2D eigenvalue weighted by Crippen LogP contribution is -2.41. The molecule has 5 nitrogen and oxygen atoms in total. The molecule has 2 fully saturated rings. The van der Waals surface area contributed by atoms with Gasteiger partial charge in [0.15, 0.2) is 0 Å². The second-order valence-electron chi connectivity index (χ2n) is 5.56. The molecule has 0 aliphatic carbocycles. The van der Waals surface area contributed by atoms with Crippen LogP contribution in [0.1, 0.15) is 19.3 Å². The van der Waals surface area contributed by atoms with E-state index in [9.17, 15) is 0 Å². The highest BCUT2D eigenvalue weighted by atomic mass is 16.5. The molecule has 1 atom stereocenters. The molecule has 2 aliphatic rings. The first-order chi connectivity index (χ1) is 9.40. The van der Waals surface area contributed by atoms with Crippen molar-refractivity contribution in [3.05, 3.63) is 18.3 Å². The predicted molar refractivity (Wildman–Crippen MR) is 74.0 cm³/mol. The summed E-state index contributed by atoms with van der Waals surface area (Å²) in [6.45, 7) is 5.47. The minimum Gasteiger partial charge on any atom is -0.381 e. The van der Waals surface area contributed by atoms with Gasteiger partial charge in [0.25, 0.3) is 0 Å². The summed E-state index contributed by atoms with van der Waals surface area (Å²) in [5.74, 6) is 1.65. The molecule has 3 rings (SSSR count). The van der Waals surface area contributed by atoms with E-state index in [0.717, 1.165) is 24.9 Å². The zero-order chi connectivity index (χ0) is 12.9. The molecule has 104 valence electrons. The first kappa shape index (κ1) is 12.8. The number of piperidine rings is 1. The number of ether oxygens (including phenoxy) is 1. The molecule has 0 aromatic carbocycles. The number of likely N-dealkylation sites (tertiary alicyclic amines) is 1. The molecule has 0 amide bonds. The van der Waals surface area contributed by atoms with Crippen LogP contribution in [0.2, 0.25) is 0 Å². The summed E-state index contributed by atoms with van der Waals surface area (Å²) >= 11 is 0. The second kappa shape index (κ2) is 6.30. The van der Waals surface area contributed by atoms with Gasteiger partial charge >= 0.3 is 0 Å². The van der Waals surface area contributed by atoms with Crippen LogP contribution in [0.3, 0.4) is 0 Å². The molecule has 0 saturated carbocycles. The molecule has 0 bridgehead atoms. The molecule has 19 heavy (non-hydrogen) atoms. The van der Waals surface area contributed by atoms with E-state index in [2.05, 4.69) is 20.4 Å². The molecular formula is C14H22N4O. The maximum atomic E-state index is 5.44. The highest BCUT2D eigenvalue weighted by Gasteiger charge is 2.23. The third kappa shape index (κ3) is 3.64. The van der Waals surface area contributed by atoms with Gasteiger partial charge < -0.3 is 15.0 Å². The summed E-state index contributed by atoms with van der Waals surface area (Å²) in [7, 11) is 0. The fourth-order valence-corrected chi connectivity index (χ4v) is 2.94. The molecule has 1 unspecified atom stereocenters. The predicted octanol–water partition coefficient (Wildman–Crippen LogP) is 1.39. The van der Waals surface area contributed by atoms with Crippen LogP contribution in [0.5, 0.6) is 0 Å². The molecule has 0 spiro atoms. The maximum Gasteiger partial charge on any atom is 0.148 e. The standard InChI is InChI=1S/C14H22N4O/c1-2-14(17-15-6-1)16-13-3-7-18(8-4-13)10-12-5-9-19-11-12/h1-2,6,12-13H,3-5,7-11H2,(H,16,17). The summed E-state index contributed by atoms with van der Waals surface area (Å²) in [6, 6.07) is 4.44. The van der Waals surface area contributed by atoms with E-state index in [1.165, 1.54) is 38.9 Å². The van der Waals surface area contributed by atoms with Gasteiger partial charge in [-0.15, -0.1) is 5.10 Å². The van der Waals surface area contributed by atoms with Crippen LogP contribution in [0, 0.1) is 5.92 Å². The molecule has 3 heterocycles. The van der Waals surface area contributed by atoms with Crippen LogP contribution >= 0.6 is 0 Å². The van der Waals surface area contributed by atoms with Crippen LogP contribution in [0.15, 0.2) is 18.3 Å². The molecule has 2 aliphatic heterocycles. The molecule has 2 saturated heterocycles. The minimum atomic E-state index is 0.535. The molecule has 0 radical (unpaired) electrons. The smallest absolute Gasteiger partial charge is 0.148 e. The Bertz CT molecular complexity index is 372. The Morgan fingerprint density at radius 2 is 2.21 bits per heavy atom. The Morgan fingerprint density at radius 3 is 2.89 bits per heavy atom. The van der Waals surface area contributed by atoms with Crippen molar-refractivity contribution in [2.45, 2.75) is 25.3 Å². The van der Waals surface area contributed by atoms with Crippen LogP contribution in [-0.2, 0) is 4.74 Å². The number of anilines is 1. The van der Waals surface area contributed by atoms with E-state index in [0.29, 0.717) is 6.04 Å². The first-order valence-corrected chi connectivity index (χ1v) is 7.24. The van der Waals surface area contributed by atoms with Crippen molar-refractivity contribution in [2.75, 3.05) is 38.2 Å². The van der Waals surface area contributed by atoms with Crippen LogP contribution < -0.4 is 5.32 Å². The maximum absolute atomic E-state index is 5.44. The Labute approximate surface area is 114 Å². The van der Waals surface area contributed by atoms with Crippen molar-refractivity contribution in [3.63, 3.8) is 0 Å². The molecule has 5 heteroatoms. The Morgan fingerprint density at radius 1 is 1.32 bits per heavy atom. The molecule has 1 N–H and O–H groups in total.